The lowest BCUT2D eigenvalue weighted by Crippen LogP contribution is -2.00. The van der Waals surface area contributed by atoms with Gasteiger partial charge in [-0.3, -0.25) is 0 Å². The third kappa shape index (κ3) is 2.59. The summed E-state index contributed by atoms with van der Waals surface area (Å²) in [5.74, 6) is 0. The molecule has 2 aromatic carbocycles. The predicted molar refractivity (Wildman–Crippen MR) is 94.9 cm³/mol. The lowest BCUT2D eigenvalue weighted by atomic mass is 10.1. The molecule has 4 rings (SSSR count). The number of fused-ring (bicyclic) bond motifs is 1. The Kier molecular flexibility index (Phi) is 3.35. The highest BCUT2D eigenvalue weighted by atomic mass is 15.3. The summed E-state index contributed by atoms with van der Waals surface area (Å²) >= 11 is 0. The number of rotatable bonds is 2. The van der Waals surface area contributed by atoms with Crippen molar-refractivity contribution in [3.05, 3.63) is 73.2 Å². The van der Waals surface area contributed by atoms with Gasteiger partial charge in [-0.2, -0.15) is 5.10 Å². The summed E-state index contributed by atoms with van der Waals surface area (Å²) in [5, 5.41) is 11.4. The number of para-hydroxylation sites is 2. The topological polar surface area (TPSA) is 41.9 Å². The molecule has 3 aromatic rings. The summed E-state index contributed by atoms with van der Waals surface area (Å²) in [4.78, 5) is 0. The molecular weight excluding hydrogens is 284 g/mol. The van der Waals surface area contributed by atoms with Gasteiger partial charge in [-0.15, -0.1) is 0 Å². The van der Waals surface area contributed by atoms with Crippen molar-refractivity contribution in [1.29, 1.82) is 0 Å². The molecule has 0 atom stereocenters. The van der Waals surface area contributed by atoms with Gasteiger partial charge in [0.2, 0.25) is 0 Å². The quantitative estimate of drug-likeness (QED) is 0.742. The summed E-state index contributed by atoms with van der Waals surface area (Å²) in [6.45, 7) is 4.93. The van der Waals surface area contributed by atoms with Crippen molar-refractivity contribution in [3.63, 3.8) is 0 Å². The van der Waals surface area contributed by atoms with Crippen LogP contribution in [-0.2, 0) is 0 Å². The van der Waals surface area contributed by atoms with Crippen LogP contribution in [0.1, 0.15) is 6.42 Å². The van der Waals surface area contributed by atoms with Crippen LogP contribution >= 0.6 is 0 Å². The molecule has 0 bridgehead atoms. The standard InChI is InChI=1S/C19H18N4/c1-14-10-11-20-19-17(8-5-9-18(19)22-14)15-12-21-23(13-15)16-6-3-2-4-7-16/h2-9,12-13,20,22H,1,10-11H2. The lowest BCUT2D eigenvalue weighted by Gasteiger charge is -2.13. The fraction of sp³-hybridized carbons (Fsp3) is 0.105. The summed E-state index contributed by atoms with van der Waals surface area (Å²) in [5.41, 5.74) is 6.50. The Labute approximate surface area is 135 Å². The minimum Gasteiger partial charge on any atom is -0.382 e. The van der Waals surface area contributed by atoms with E-state index in [2.05, 4.69) is 46.7 Å². The van der Waals surface area contributed by atoms with E-state index in [1.165, 1.54) is 0 Å². The van der Waals surface area contributed by atoms with E-state index in [9.17, 15) is 0 Å². The number of nitrogens with zero attached hydrogens (tertiary/aromatic N) is 2. The molecule has 4 nitrogen and oxygen atoms in total. The van der Waals surface area contributed by atoms with Crippen molar-refractivity contribution in [1.82, 2.24) is 9.78 Å². The van der Waals surface area contributed by atoms with Crippen molar-refractivity contribution in [2.24, 2.45) is 0 Å². The van der Waals surface area contributed by atoms with Crippen molar-refractivity contribution in [2.45, 2.75) is 6.42 Å². The third-order valence-electron chi connectivity index (χ3n) is 4.02. The zero-order valence-electron chi connectivity index (χ0n) is 12.8. The molecule has 2 heterocycles. The van der Waals surface area contributed by atoms with Gasteiger partial charge in [0, 0.05) is 36.0 Å². The molecular formula is C19H18N4. The Hall–Kier alpha value is -3.01. The van der Waals surface area contributed by atoms with Gasteiger partial charge < -0.3 is 10.6 Å². The number of nitrogens with one attached hydrogen (secondary N) is 2. The van der Waals surface area contributed by atoms with Crippen molar-refractivity contribution in [2.75, 3.05) is 17.2 Å². The van der Waals surface area contributed by atoms with E-state index in [1.54, 1.807) is 0 Å². The summed E-state index contributed by atoms with van der Waals surface area (Å²) in [6, 6.07) is 16.4. The zero-order chi connectivity index (χ0) is 15.6. The second-order valence-electron chi connectivity index (χ2n) is 5.64. The number of hydrogen-bond acceptors (Lipinski definition) is 3. The number of anilines is 2. The second kappa shape index (κ2) is 5.65. The highest BCUT2D eigenvalue weighted by Crippen LogP contribution is 2.36. The van der Waals surface area contributed by atoms with Gasteiger partial charge in [0.15, 0.2) is 0 Å². The first-order valence-electron chi connectivity index (χ1n) is 7.73. The first kappa shape index (κ1) is 13.6. The zero-order valence-corrected chi connectivity index (χ0v) is 12.8. The molecule has 1 aliphatic heterocycles. The van der Waals surface area contributed by atoms with Gasteiger partial charge in [0.25, 0.3) is 0 Å². The van der Waals surface area contributed by atoms with E-state index in [0.717, 1.165) is 46.9 Å². The fourth-order valence-corrected chi connectivity index (χ4v) is 2.86. The van der Waals surface area contributed by atoms with Crippen LogP contribution in [0.25, 0.3) is 16.8 Å². The summed E-state index contributed by atoms with van der Waals surface area (Å²) in [6.07, 6.45) is 4.88. The first-order valence-corrected chi connectivity index (χ1v) is 7.73. The fourth-order valence-electron chi connectivity index (χ4n) is 2.86. The van der Waals surface area contributed by atoms with Gasteiger partial charge >= 0.3 is 0 Å². The molecule has 0 aliphatic carbocycles. The maximum absolute atomic E-state index is 4.50. The molecule has 4 heteroatoms. The van der Waals surface area contributed by atoms with Crippen LogP contribution in [0, 0.1) is 0 Å². The monoisotopic (exact) mass is 302 g/mol. The molecule has 0 unspecified atom stereocenters. The van der Waals surface area contributed by atoms with Crippen LogP contribution in [0.15, 0.2) is 73.2 Å². The second-order valence-corrected chi connectivity index (χ2v) is 5.64. The minimum absolute atomic E-state index is 0.878. The van der Waals surface area contributed by atoms with Crippen LogP contribution < -0.4 is 10.6 Å². The van der Waals surface area contributed by atoms with E-state index in [1.807, 2.05) is 41.2 Å². The molecule has 0 saturated heterocycles. The van der Waals surface area contributed by atoms with Crippen LogP contribution in [0.3, 0.4) is 0 Å². The molecule has 23 heavy (non-hydrogen) atoms. The van der Waals surface area contributed by atoms with Gasteiger partial charge in [0.1, 0.15) is 0 Å². The van der Waals surface area contributed by atoms with Crippen LogP contribution in [0.5, 0.6) is 0 Å². The molecule has 0 amide bonds. The van der Waals surface area contributed by atoms with Gasteiger partial charge in [-0.25, -0.2) is 4.68 Å². The Balaban J connectivity index is 1.76. The maximum atomic E-state index is 4.50. The Morgan fingerprint density at radius 3 is 2.78 bits per heavy atom. The van der Waals surface area contributed by atoms with E-state index in [4.69, 9.17) is 0 Å². The lowest BCUT2D eigenvalue weighted by molar-refractivity contribution is 0.881. The van der Waals surface area contributed by atoms with Crippen molar-refractivity contribution in [3.8, 4) is 16.8 Å². The number of hydrogen-bond donors (Lipinski definition) is 2. The van der Waals surface area contributed by atoms with E-state index in [-0.39, 0.29) is 0 Å². The average molecular weight is 302 g/mol. The molecule has 0 radical (unpaired) electrons. The van der Waals surface area contributed by atoms with Gasteiger partial charge in [-0.1, -0.05) is 36.9 Å². The molecule has 114 valence electrons. The Morgan fingerprint density at radius 1 is 1.04 bits per heavy atom. The Bertz CT molecular complexity index is 849. The normalized spacial score (nSPS) is 13.7. The molecule has 1 aliphatic rings. The summed E-state index contributed by atoms with van der Waals surface area (Å²) < 4.78 is 1.90. The molecule has 2 N–H and O–H groups in total. The minimum atomic E-state index is 0.878. The first-order chi connectivity index (χ1) is 11.3. The van der Waals surface area contributed by atoms with Crippen molar-refractivity contribution >= 4 is 11.4 Å². The third-order valence-corrected chi connectivity index (χ3v) is 4.02. The molecule has 0 spiro atoms. The van der Waals surface area contributed by atoms with Crippen LogP contribution in [0.4, 0.5) is 11.4 Å². The largest absolute Gasteiger partial charge is 0.382 e. The van der Waals surface area contributed by atoms with Crippen molar-refractivity contribution < 1.29 is 0 Å². The van der Waals surface area contributed by atoms with E-state index in [0.29, 0.717) is 0 Å². The maximum Gasteiger partial charge on any atom is 0.0660 e. The highest BCUT2D eigenvalue weighted by Gasteiger charge is 2.15. The summed E-state index contributed by atoms with van der Waals surface area (Å²) in [7, 11) is 0. The van der Waals surface area contributed by atoms with Gasteiger partial charge in [0.05, 0.1) is 23.3 Å². The van der Waals surface area contributed by atoms with Crippen LogP contribution in [-0.4, -0.2) is 16.3 Å². The molecule has 0 fully saturated rings. The Morgan fingerprint density at radius 2 is 1.91 bits per heavy atom. The van der Waals surface area contributed by atoms with E-state index < -0.39 is 0 Å². The van der Waals surface area contributed by atoms with Gasteiger partial charge in [-0.05, 0) is 18.2 Å². The molecule has 0 saturated carbocycles. The molecule has 1 aromatic heterocycles. The smallest absolute Gasteiger partial charge is 0.0660 e. The SMILES string of the molecule is C=C1CCNc2c(cccc2-c2cnn(-c3ccccc3)c2)N1. The number of aromatic nitrogens is 2. The van der Waals surface area contributed by atoms with E-state index >= 15 is 0 Å². The average Bonchev–Trinajstić information content (AvgIpc) is 2.98. The number of benzene rings is 2. The predicted octanol–water partition coefficient (Wildman–Crippen LogP) is 4.28. The highest BCUT2D eigenvalue weighted by molar-refractivity contribution is 5.88. The van der Waals surface area contributed by atoms with Crippen LogP contribution in [0.2, 0.25) is 0 Å².